The van der Waals surface area contributed by atoms with E-state index in [1.165, 1.54) is 7.05 Å². The first-order valence-electron chi connectivity index (χ1n) is 11.5. The molecule has 182 valence electrons. The Balaban J connectivity index is 1.59. The Morgan fingerprint density at radius 2 is 1.91 bits per heavy atom. The van der Waals surface area contributed by atoms with Gasteiger partial charge in [0.1, 0.15) is 11.8 Å². The van der Waals surface area contributed by atoms with E-state index in [0.717, 1.165) is 53.1 Å². The summed E-state index contributed by atoms with van der Waals surface area (Å²) in [7, 11) is 3.13. The second-order valence-corrected chi connectivity index (χ2v) is 8.96. The third kappa shape index (κ3) is 4.91. The van der Waals surface area contributed by atoms with Gasteiger partial charge in [0.05, 0.1) is 29.6 Å². The Labute approximate surface area is 198 Å². The summed E-state index contributed by atoms with van der Waals surface area (Å²) < 4.78 is 10.8. The van der Waals surface area contributed by atoms with E-state index < -0.39 is 23.9 Å². The van der Waals surface area contributed by atoms with Crippen LogP contribution in [0.5, 0.6) is 0 Å². The molecule has 1 aromatic heterocycles. The van der Waals surface area contributed by atoms with E-state index in [0.29, 0.717) is 11.4 Å². The van der Waals surface area contributed by atoms with E-state index in [4.69, 9.17) is 9.26 Å². The van der Waals surface area contributed by atoms with Crippen LogP contribution in [0.3, 0.4) is 0 Å². The van der Waals surface area contributed by atoms with E-state index in [1.807, 2.05) is 32.0 Å². The molecule has 0 bridgehead atoms. The lowest BCUT2D eigenvalue weighted by Crippen LogP contribution is -2.56. The smallest absolute Gasteiger partial charge is 0.324 e. The number of carbonyl (C=O) groups is 3. The topological polar surface area (TPSA) is 126 Å². The minimum absolute atomic E-state index is 0.0958. The van der Waals surface area contributed by atoms with Crippen molar-refractivity contribution in [1.82, 2.24) is 15.4 Å². The van der Waals surface area contributed by atoms with Crippen LogP contribution in [0.4, 0.5) is 16.2 Å². The maximum atomic E-state index is 13.1. The Hall–Kier alpha value is -3.40. The number of hydrogen-bond acceptors (Lipinski definition) is 7. The number of rotatable bonds is 6. The summed E-state index contributed by atoms with van der Waals surface area (Å²) in [6.07, 6.45) is 4.04. The first-order valence-corrected chi connectivity index (χ1v) is 11.5. The Kier molecular flexibility index (Phi) is 6.87. The summed E-state index contributed by atoms with van der Waals surface area (Å²) in [6, 6.07) is 4.48. The van der Waals surface area contributed by atoms with Gasteiger partial charge in [-0.05, 0) is 57.2 Å². The Bertz CT molecular complexity index is 1050. The molecule has 0 unspecified atom stereocenters. The van der Waals surface area contributed by atoms with Crippen LogP contribution in [-0.4, -0.2) is 60.2 Å². The van der Waals surface area contributed by atoms with Gasteiger partial charge in [-0.1, -0.05) is 11.2 Å². The number of anilines is 2. The zero-order valence-electron chi connectivity index (χ0n) is 19.9. The number of aromatic nitrogens is 1. The van der Waals surface area contributed by atoms with E-state index in [-0.39, 0.29) is 18.6 Å². The van der Waals surface area contributed by atoms with Crippen molar-refractivity contribution in [1.29, 1.82) is 0 Å². The number of nitrogens with zero attached hydrogens (tertiary/aromatic N) is 2. The van der Waals surface area contributed by atoms with E-state index in [9.17, 15) is 14.4 Å². The average Bonchev–Trinajstić information content (AvgIpc) is 3.16. The van der Waals surface area contributed by atoms with Crippen molar-refractivity contribution >= 4 is 29.2 Å². The predicted molar refractivity (Wildman–Crippen MR) is 126 cm³/mol. The minimum Gasteiger partial charge on any atom is -0.381 e. The van der Waals surface area contributed by atoms with E-state index in [1.54, 1.807) is 7.11 Å². The molecule has 1 atom stereocenters. The number of amides is 4. The Morgan fingerprint density at radius 1 is 1.18 bits per heavy atom. The first-order chi connectivity index (χ1) is 16.3. The highest BCUT2D eigenvalue weighted by atomic mass is 16.5. The number of aryl methyl sites for hydroxylation is 2. The fraction of sp³-hybridized carbons (Fsp3) is 0.500. The molecule has 3 N–H and O–H groups in total. The molecule has 10 heteroatoms. The highest BCUT2D eigenvalue weighted by Crippen LogP contribution is 2.34. The van der Waals surface area contributed by atoms with Crippen molar-refractivity contribution in [3.63, 3.8) is 0 Å². The average molecular weight is 470 g/mol. The number of hydrogen-bond donors (Lipinski definition) is 3. The number of imide groups is 1. The van der Waals surface area contributed by atoms with Gasteiger partial charge < -0.3 is 25.2 Å². The number of urea groups is 1. The SMILES string of the molecule is CO[C@H]1CC[C@H](Nc2ccc(-c3c(C)noc3C)cc2NC(=O)[C@@H]2CC(=O)N(C)C(=O)N2)CC1. The van der Waals surface area contributed by atoms with Crippen molar-refractivity contribution in [3.8, 4) is 11.1 Å². The Morgan fingerprint density at radius 3 is 2.53 bits per heavy atom. The highest BCUT2D eigenvalue weighted by molar-refractivity contribution is 6.06. The number of nitrogens with one attached hydrogen (secondary N) is 3. The number of methoxy groups -OCH3 is 1. The summed E-state index contributed by atoms with van der Waals surface area (Å²) in [4.78, 5) is 38.1. The van der Waals surface area contributed by atoms with Crippen LogP contribution in [0.15, 0.2) is 22.7 Å². The van der Waals surface area contributed by atoms with Gasteiger partial charge in [-0.15, -0.1) is 0 Å². The van der Waals surface area contributed by atoms with Gasteiger partial charge in [0, 0.05) is 25.8 Å². The second kappa shape index (κ2) is 9.84. The third-order valence-corrected chi connectivity index (χ3v) is 6.64. The molecular weight excluding hydrogens is 438 g/mol. The molecule has 1 aliphatic carbocycles. The molecule has 1 aliphatic heterocycles. The minimum atomic E-state index is -0.941. The molecular formula is C24H31N5O5. The summed E-state index contributed by atoms with van der Waals surface area (Å²) in [6.45, 7) is 3.71. The van der Waals surface area contributed by atoms with Crippen LogP contribution in [0.25, 0.3) is 11.1 Å². The highest BCUT2D eigenvalue weighted by Gasteiger charge is 2.34. The molecule has 1 aromatic carbocycles. The lowest BCUT2D eigenvalue weighted by molar-refractivity contribution is -0.132. The molecule has 2 fully saturated rings. The fourth-order valence-electron chi connectivity index (χ4n) is 4.59. The number of ether oxygens (including phenoxy) is 1. The molecule has 34 heavy (non-hydrogen) atoms. The molecule has 2 aliphatic rings. The lowest BCUT2D eigenvalue weighted by Gasteiger charge is -2.30. The van der Waals surface area contributed by atoms with Gasteiger partial charge in [-0.25, -0.2) is 4.79 Å². The van der Waals surface area contributed by atoms with Crippen molar-refractivity contribution in [2.45, 2.75) is 64.1 Å². The van der Waals surface area contributed by atoms with Gasteiger partial charge >= 0.3 is 6.03 Å². The van der Waals surface area contributed by atoms with E-state index >= 15 is 0 Å². The zero-order valence-corrected chi connectivity index (χ0v) is 19.9. The van der Waals surface area contributed by atoms with Crippen molar-refractivity contribution < 1.29 is 23.6 Å². The van der Waals surface area contributed by atoms with Crippen LogP contribution < -0.4 is 16.0 Å². The van der Waals surface area contributed by atoms with Crippen LogP contribution in [0, 0.1) is 13.8 Å². The summed E-state index contributed by atoms with van der Waals surface area (Å²) in [5, 5.41) is 13.1. The van der Waals surface area contributed by atoms with Crippen molar-refractivity contribution in [2.24, 2.45) is 0 Å². The standard InChI is InChI=1S/C24H31N5O5/c1-13-22(14(2)34-28-13)15-5-10-18(25-16-6-8-17(33-4)9-7-16)19(11-15)26-23(31)20-12-21(30)29(3)24(32)27-20/h5,10-11,16-17,20,25H,6-9,12H2,1-4H3,(H,26,31)(H,27,32)/t16-,17-,20-/m0/s1. The first kappa shape index (κ1) is 23.7. The van der Waals surface area contributed by atoms with Crippen LogP contribution >= 0.6 is 0 Å². The molecule has 2 heterocycles. The van der Waals surface area contributed by atoms with Gasteiger partial charge in [0.25, 0.3) is 0 Å². The van der Waals surface area contributed by atoms with Crippen molar-refractivity contribution in [2.75, 3.05) is 24.8 Å². The van der Waals surface area contributed by atoms with E-state index in [2.05, 4.69) is 21.1 Å². The number of carbonyl (C=O) groups excluding carboxylic acids is 3. The lowest BCUT2D eigenvalue weighted by atomic mass is 9.92. The quantitative estimate of drug-likeness (QED) is 0.593. The summed E-state index contributed by atoms with van der Waals surface area (Å²) in [5.74, 6) is -0.167. The fourth-order valence-corrected chi connectivity index (χ4v) is 4.59. The largest absolute Gasteiger partial charge is 0.381 e. The maximum Gasteiger partial charge on any atom is 0.324 e. The third-order valence-electron chi connectivity index (χ3n) is 6.64. The molecule has 4 rings (SSSR count). The van der Waals surface area contributed by atoms with Gasteiger partial charge in [0.15, 0.2) is 0 Å². The number of benzene rings is 1. The summed E-state index contributed by atoms with van der Waals surface area (Å²) in [5.41, 5.74) is 3.81. The predicted octanol–water partition coefficient (Wildman–Crippen LogP) is 3.21. The van der Waals surface area contributed by atoms with Crippen LogP contribution in [-0.2, 0) is 14.3 Å². The second-order valence-electron chi connectivity index (χ2n) is 8.96. The maximum absolute atomic E-state index is 13.1. The molecule has 2 aromatic rings. The van der Waals surface area contributed by atoms with Gasteiger partial charge in [0.2, 0.25) is 11.8 Å². The van der Waals surface area contributed by atoms with Crippen LogP contribution in [0.1, 0.15) is 43.6 Å². The molecule has 4 amide bonds. The molecule has 0 spiro atoms. The van der Waals surface area contributed by atoms with Crippen LogP contribution in [0.2, 0.25) is 0 Å². The van der Waals surface area contributed by atoms with Crippen molar-refractivity contribution in [3.05, 3.63) is 29.7 Å². The van der Waals surface area contributed by atoms with Gasteiger partial charge in [-0.2, -0.15) is 0 Å². The van der Waals surface area contributed by atoms with Gasteiger partial charge in [-0.3, -0.25) is 14.5 Å². The monoisotopic (exact) mass is 469 g/mol. The zero-order chi connectivity index (χ0) is 24.4. The molecule has 10 nitrogen and oxygen atoms in total. The normalized spacial score (nSPS) is 22.9. The molecule has 0 radical (unpaired) electrons. The molecule has 1 saturated carbocycles. The summed E-state index contributed by atoms with van der Waals surface area (Å²) >= 11 is 0. The molecule has 1 saturated heterocycles.